The van der Waals surface area contributed by atoms with Crippen LogP contribution in [0.25, 0.3) is 0 Å². The van der Waals surface area contributed by atoms with Crippen LogP contribution < -0.4 is 16.8 Å². The molecular weight excluding hydrogens is 412 g/mol. The second kappa shape index (κ2) is 9.96. The van der Waals surface area contributed by atoms with Crippen LogP contribution in [0.1, 0.15) is 51.9 Å². The van der Waals surface area contributed by atoms with Crippen LogP contribution >= 0.6 is 12.4 Å². The van der Waals surface area contributed by atoms with Gasteiger partial charge in [-0.2, -0.15) is 0 Å². The minimum absolute atomic E-state index is 0. The zero-order chi connectivity index (χ0) is 21.3. The molecule has 4 aliphatic rings. The summed E-state index contributed by atoms with van der Waals surface area (Å²) in [7, 11) is 0. The molecule has 0 spiro atoms. The van der Waals surface area contributed by atoms with E-state index < -0.39 is 35.8 Å². The molecule has 0 aliphatic heterocycles. The summed E-state index contributed by atoms with van der Waals surface area (Å²) >= 11 is 0. The lowest BCUT2D eigenvalue weighted by molar-refractivity contribution is -0.156. The van der Waals surface area contributed by atoms with Gasteiger partial charge in [-0.25, -0.2) is 0 Å². The van der Waals surface area contributed by atoms with Gasteiger partial charge in [0.1, 0.15) is 12.1 Å². The van der Waals surface area contributed by atoms with Gasteiger partial charge in [0.15, 0.2) is 0 Å². The second-order valence-electron chi connectivity index (χ2n) is 9.01. The summed E-state index contributed by atoms with van der Waals surface area (Å²) < 4.78 is 0. The van der Waals surface area contributed by atoms with Crippen molar-refractivity contribution < 1.29 is 24.3 Å². The van der Waals surface area contributed by atoms with Crippen molar-refractivity contribution in [3.63, 3.8) is 0 Å². The van der Waals surface area contributed by atoms with Crippen LogP contribution in [0.3, 0.4) is 0 Å². The Balaban J connectivity index is 0.00000320. The minimum Gasteiger partial charge on any atom is -0.481 e. The van der Waals surface area contributed by atoms with Crippen molar-refractivity contribution in [1.82, 2.24) is 10.2 Å². The lowest BCUT2D eigenvalue weighted by Crippen LogP contribution is -2.65. The average molecular weight is 445 g/mol. The minimum atomic E-state index is -1.04. The van der Waals surface area contributed by atoms with Crippen LogP contribution in [0, 0.1) is 23.7 Å². The number of carbonyl (C=O) groups excluding carboxylic acids is 3. The molecule has 0 aromatic rings. The molecule has 0 radical (unpaired) electrons. The lowest BCUT2D eigenvalue weighted by atomic mass is 9.53. The zero-order valence-corrected chi connectivity index (χ0v) is 18.1. The maximum atomic E-state index is 13.4. The first-order valence-electron chi connectivity index (χ1n) is 10.5. The van der Waals surface area contributed by atoms with Gasteiger partial charge in [-0.3, -0.25) is 19.2 Å². The van der Waals surface area contributed by atoms with Gasteiger partial charge in [0.05, 0.1) is 6.54 Å². The molecule has 0 unspecified atom stereocenters. The normalized spacial score (nSPS) is 30.7. The van der Waals surface area contributed by atoms with Crippen molar-refractivity contribution in [3.05, 3.63) is 0 Å². The van der Waals surface area contributed by atoms with Crippen molar-refractivity contribution >= 4 is 36.1 Å². The number of amides is 3. The number of nitrogens with two attached hydrogens (primary N) is 2. The number of carbonyl (C=O) groups is 4. The van der Waals surface area contributed by atoms with E-state index in [0.29, 0.717) is 23.7 Å². The molecule has 4 fully saturated rings. The molecule has 3 amide bonds. The van der Waals surface area contributed by atoms with Crippen LogP contribution in [-0.2, 0) is 19.2 Å². The molecule has 4 rings (SSSR count). The highest BCUT2D eigenvalue weighted by molar-refractivity contribution is 5.92. The Morgan fingerprint density at radius 2 is 1.60 bits per heavy atom. The number of nitrogens with zero attached hydrogens (tertiary/aromatic N) is 1. The Kier molecular flexibility index (Phi) is 8.10. The first-order valence-corrected chi connectivity index (χ1v) is 10.5. The molecule has 10 heteroatoms. The Morgan fingerprint density at radius 1 is 1.07 bits per heavy atom. The Labute approximate surface area is 182 Å². The topological polar surface area (TPSA) is 156 Å². The van der Waals surface area contributed by atoms with Crippen molar-refractivity contribution in [3.8, 4) is 0 Å². The van der Waals surface area contributed by atoms with E-state index in [1.54, 1.807) is 11.8 Å². The summed E-state index contributed by atoms with van der Waals surface area (Å²) in [5.41, 5.74) is 11.0. The molecule has 0 saturated heterocycles. The Hall–Kier alpha value is -1.87. The fraction of sp³-hybridized carbons (Fsp3) is 0.800. The van der Waals surface area contributed by atoms with Crippen molar-refractivity contribution in [2.45, 2.75) is 70.0 Å². The van der Waals surface area contributed by atoms with E-state index in [1.807, 2.05) is 0 Å². The largest absolute Gasteiger partial charge is 0.481 e. The maximum Gasteiger partial charge on any atom is 0.303 e. The third-order valence-corrected chi connectivity index (χ3v) is 6.98. The summed E-state index contributed by atoms with van der Waals surface area (Å²) in [5, 5.41) is 11.7. The third-order valence-electron chi connectivity index (χ3n) is 6.98. The molecule has 4 saturated carbocycles. The molecule has 2 atom stereocenters. The van der Waals surface area contributed by atoms with Crippen molar-refractivity contribution in [2.75, 3.05) is 6.54 Å². The number of nitrogens with one attached hydrogen (secondary N) is 1. The van der Waals surface area contributed by atoms with E-state index in [2.05, 4.69) is 5.32 Å². The van der Waals surface area contributed by atoms with E-state index in [0.717, 1.165) is 25.7 Å². The number of halogens is 1. The third kappa shape index (κ3) is 5.06. The van der Waals surface area contributed by atoms with Crippen LogP contribution in [-0.4, -0.2) is 58.4 Å². The van der Waals surface area contributed by atoms with Crippen molar-refractivity contribution in [2.24, 2.45) is 35.1 Å². The molecule has 0 aromatic carbocycles. The molecule has 6 N–H and O–H groups in total. The number of carboxylic acid groups (broad SMARTS) is 1. The predicted octanol–water partition coefficient (Wildman–Crippen LogP) is 0.244. The molecule has 0 heterocycles. The highest BCUT2D eigenvalue weighted by Crippen LogP contribution is 2.55. The first kappa shape index (κ1) is 24.4. The molecule has 30 heavy (non-hydrogen) atoms. The van der Waals surface area contributed by atoms with Gasteiger partial charge in [0, 0.05) is 12.5 Å². The van der Waals surface area contributed by atoms with Gasteiger partial charge in [-0.05, 0) is 69.1 Å². The van der Waals surface area contributed by atoms with Crippen molar-refractivity contribution in [1.29, 1.82) is 0 Å². The zero-order valence-electron chi connectivity index (χ0n) is 17.3. The van der Waals surface area contributed by atoms with E-state index in [9.17, 15) is 19.2 Å². The van der Waals surface area contributed by atoms with E-state index in [1.165, 1.54) is 6.42 Å². The number of aliphatic carboxylic acids is 1. The van der Waals surface area contributed by atoms with Crippen LogP contribution in [0.4, 0.5) is 0 Å². The first-order chi connectivity index (χ1) is 13.7. The number of rotatable bonds is 9. The van der Waals surface area contributed by atoms with E-state index in [-0.39, 0.29) is 37.8 Å². The second-order valence-corrected chi connectivity index (χ2v) is 9.01. The molecule has 0 aromatic heterocycles. The molecule has 4 aliphatic carbocycles. The number of primary amides is 1. The SMILES string of the molecule is C[C@H](NC(=O)CN)C(=O)N(C1C2CC3CC(C2)CC1C3)[C@H](CCC(=O)O)C(N)=O.Cl. The smallest absolute Gasteiger partial charge is 0.303 e. The Bertz CT molecular complexity index is 660. The molecular formula is C20H33ClN4O5. The standard InChI is InChI=1S/C20H32N4O5.ClH/c1-10(23-16(25)9-21)20(29)24(15(19(22)28)2-3-17(26)27)18-13-5-11-4-12(7-13)8-14(18)6-11;/h10-15,18H,2-9,21H2,1H3,(H2,22,28)(H,23,25)(H,26,27);1H/t10-,11?,12?,13?,14?,15+,18?;/m0./s1. The van der Waals surface area contributed by atoms with Gasteiger partial charge in [-0.15, -0.1) is 12.4 Å². The van der Waals surface area contributed by atoms with E-state index >= 15 is 0 Å². The highest BCUT2D eigenvalue weighted by atomic mass is 35.5. The van der Waals surface area contributed by atoms with Crippen LogP contribution in [0.2, 0.25) is 0 Å². The fourth-order valence-electron chi connectivity index (χ4n) is 6.12. The fourth-order valence-corrected chi connectivity index (χ4v) is 6.12. The summed E-state index contributed by atoms with van der Waals surface area (Å²) in [6, 6.07) is -2.01. The number of hydrogen-bond acceptors (Lipinski definition) is 5. The van der Waals surface area contributed by atoms with Crippen LogP contribution in [0.15, 0.2) is 0 Å². The van der Waals surface area contributed by atoms with Gasteiger partial charge < -0.3 is 26.8 Å². The summed E-state index contributed by atoms with van der Waals surface area (Å²) in [6.07, 6.45) is 5.05. The molecule has 4 bridgehead atoms. The molecule has 9 nitrogen and oxygen atoms in total. The average Bonchev–Trinajstić information content (AvgIpc) is 2.64. The monoisotopic (exact) mass is 444 g/mol. The van der Waals surface area contributed by atoms with Gasteiger partial charge in [0.2, 0.25) is 17.7 Å². The number of hydrogen-bond donors (Lipinski definition) is 4. The summed E-state index contributed by atoms with van der Waals surface area (Å²) in [4.78, 5) is 50.1. The summed E-state index contributed by atoms with van der Waals surface area (Å²) in [6.45, 7) is 1.32. The lowest BCUT2D eigenvalue weighted by Gasteiger charge is -2.58. The predicted molar refractivity (Wildman–Crippen MR) is 111 cm³/mol. The summed E-state index contributed by atoms with van der Waals surface area (Å²) in [5.74, 6) is -0.671. The van der Waals surface area contributed by atoms with Gasteiger partial charge >= 0.3 is 5.97 Å². The van der Waals surface area contributed by atoms with Gasteiger partial charge in [-0.1, -0.05) is 0 Å². The quantitative estimate of drug-likeness (QED) is 0.399. The van der Waals surface area contributed by atoms with E-state index in [4.69, 9.17) is 16.6 Å². The highest BCUT2D eigenvalue weighted by Gasteiger charge is 2.53. The number of carboxylic acids is 1. The Morgan fingerprint density at radius 3 is 2.03 bits per heavy atom. The van der Waals surface area contributed by atoms with Gasteiger partial charge in [0.25, 0.3) is 0 Å². The maximum absolute atomic E-state index is 13.4. The van der Waals surface area contributed by atoms with Crippen LogP contribution in [0.5, 0.6) is 0 Å². The molecule has 170 valence electrons.